The number of carbonyl (C=O) groups excluding carboxylic acids is 1. The Morgan fingerprint density at radius 2 is 1.83 bits per heavy atom. The second kappa shape index (κ2) is 7.46. The van der Waals surface area contributed by atoms with Gasteiger partial charge in [0.25, 0.3) is 5.91 Å². The van der Waals surface area contributed by atoms with Gasteiger partial charge in [-0.3, -0.25) is 14.8 Å². The third-order valence-electron chi connectivity index (χ3n) is 3.43. The number of aromatic nitrogens is 2. The molecule has 1 N–H and O–H groups in total. The smallest absolute Gasteiger partial charge is 0.257 e. The van der Waals surface area contributed by atoms with Crippen LogP contribution < -0.4 is 5.32 Å². The molecule has 5 heteroatoms. The molecule has 0 radical (unpaired) electrons. The van der Waals surface area contributed by atoms with Gasteiger partial charge in [-0.05, 0) is 42.8 Å². The highest BCUT2D eigenvalue weighted by molar-refractivity contribution is 6.05. The van der Waals surface area contributed by atoms with E-state index in [0.29, 0.717) is 16.8 Å². The van der Waals surface area contributed by atoms with E-state index in [1.54, 1.807) is 37.6 Å². The van der Waals surface area contributed by atoms with Gasteiger partial charge in [-0.25, -0.2) is 4.39 Å². The fourth-order valence-electron chi connectivity index (χ4n) is 2.22. The summed E-state index contributed by atoms with van der Waals surface area (Å²) in [5, 5.41) is 2.77. The molecule has 0 aliphatic heterocycles. The lowest BCUT2D eigenvalue weighted by Gasteiger charge is -2.09. The average molecular weight is 323 g/mol. The molecule has 1 aromatic carbocycles. The number of rotatable bonds is 3. The maximum absolute atomic E-state index is 13.1. The van der Waals surface area contributed by atoms with Crippen LogP contribution in [0.1, 0.15) is 23.3 Å². The van der Waals surface area contributed by atoms with Gasteiger partial charge in [0.2, 0.25) is 0 Å². The summed E-state index contributed by atoms with van der Waals surface area (Å²) in [6.45, 7) is 1.74. The first kappa shape index (κ1) is 17.3. The van der Waals surface area contributed by atoms with Gasteiger partial charge in [-0.1, -0.05) is 13.5 Å². The molecular formula is C19H18FN3O. The van der Waals surface area contributed by atoms with Gasteiger partial charge in [0.1, 0.15) is 5.82 Å². The van der Waals surface area contributed by atoms with Gasteiger partial charge in [0.15, 0.2) is 0 Å². The van der Waals surface area contributed by atoms with Crippen LogP contribution in [0.15, 0.2) is 61.2 Å². The molecule has 3 aromatic rings. The van der Waals surface area contributed by atoms with Crippen LogP contribution in [0.2, 0.25) is 0 Å². The highest BCUT2D eigenvalue weighted by atomic mass is 19.1. The summed E-state index contributed by atoms with van der Waals surface area (Å²) in [5.41, 5.74) is 3.35. The molecule has 0 aliphatic rings. The number of amides is 1. The summed E-state index contributed by atoms with van der Waals surface area (Å²) in [6.07, 6.45) is 6.57. The molecule has 2 heterocycles. The fraction of sp³-hybridized carbons (Fsp3) is 0.105. The Morgan fingerprint density at radius 3 is 2.54 bits per heavy atom. The van der Waals surface area contributed by atoms with Gasteiger partial charge in [-0.2, -0.15) is 0 Å². The van der Waals surface area contributed by atoms with Gasteiger partial charge in [0, 0.05) is 41.6 Å². The van der Waals surface area contributed by atoms with E-state index in [9.17, 15) is 9.18 Å². The Hall–Kier alpha value is -3.08. The van der Waals surface area contributed by atoms with Crippen molar-refractivity contribution in [2.75, 3.05) is 5.32 Å². The lowest BCUT2D eigenvalue weighted by Crippen LogP contribution is -2.13. The summed E-state index contributed by atoms with van der Waals surface area (Å²) < 4.78 is 13.1. The van der Waals surface area contributed by atoms with Crippen molar-refractivity contribution in [2.45, 2.75) is 14.4 Å². The predicted molar refractivity (Wildman–Crippen MR) is 93.3 cm³/mol. The van der Waals surface area contributed by atoms with Crippen LogP contribution in [0, 0.1) is 12.7 Å². The second-order valence-electron chi connectivity index (χ2n) is 5.12. The topological polar surface area (TPSA) is 54.9 Å². The summed E-state index contributed by atoms with van der Waals surface area (Å²) in [4.78, 5) is 20.5. The van der Waals surface area contributed by atoms with Gasteiger partial charge in [-0.15, -0.1) is 0 Å². The van der Waals surface area contributed by atoms with E-state index in [0.717, 1.165) is 11.1 Å². The fourth-order valence-corrected chi connectivity index (χ4v) is 2.22. The molecule has 2 aromatic heterocycles. The van der Waals surface area contributed by atoms with Crippen molar-refractivity contribution in [1.29, 1.82) is 0 Å². The van der Waals surface area contributed by atoms with E-state index in [2.05, 4.69) is 15.3 Å². The lowest BCUT2D eigenvalue weighted by atomic mass is 10.1. The molecule has 0 bridgehead atoms. The van der Waals surface area contributed by atoms with Crippen molar-refractivity contribution >= 4 is 11.6 Å². The van der Waals surface area contributed by atoms with E-state index in [1.165, 1.54) is 18.3 Å². The minimum absolute atomic E-state index is 0. The van der Waals surface area contributed by atoms with Crippen molar-refractivity contribution < 1.29 is 9.18 Å². The minimum Gasteiger partial charge on any atom is -0.322 e. The van der Waals surface area contributed by atoms with E-state index < -0.39 is 0 Å². The van der Waals surface area contributed by atoms with Crippen LogP contribution in [0.25, 0.3) is 11.1 Å². The van der Waals surface area contributed by atoms with Crippen LogP contribution in [0.3, 0.4) is 0 Å². The van der Waals surface area contributed by atoms with E-state index in [4.69, 9.17) is 0 Å². The molecule has 0 atom stereocenters. The summed E-state index contributed by atoms with van der Waals surface area (Å²) in [7, 11) is 0. The molecule has 0 spiro atoms. The number of pyridine rings is 2. The Bertz CT molecular complexity index is 850. The minimum atomic E-state index is -0.333. The van der Waals surface area contributed by atoms with Crippen LogP contribution >= 0.6 is 0 Å². The molecule has 0 fully saturated rings. The zero-order chi connectivity index (χ0) is 16.2. The van der Waals surface area contributed by atoms with Crippen molar-refractivity contribution in [1.82, 2.24) is 9.97 Å². The second-order valence-corrected chi connectivity index (χ2v) is 5.12. The third kappa shape index (κ3) is 3.81. The molecule has 1 amide bonds. The van der Waals surface area contributed by atoms with E-state index >= 15 is 0 Å². The van der Waals surface area contributed by atoms with Crippen LogP contribution in [0.5, 0.6) is 0 Å². The molecule has 0 saturated carbocycles. The van der Waals surface area contributed by atoms with Crippen molar-refractivity contribution in [3.05, 3.63) is 78.1 Å². The number of benzene rings is 1. The van der Waals surface area contributed by atoms with Crippen LogP contribution in [-0.2, 0) is 0 Å². The molecule has 0 saturated heterocycles. The monoisotopic (exact) mass is 323 g/mol. The first-order valence-corrected chi connectivity index (χ1v) is 7.06. The Kier molecular flexibility index (Phi) is 5.37. The number of hydrogen-bond acceptors (Lipinski definition) is 3. The number of aryl methyl sites for hydroxylation is 1. The molecule has 4 nitrogen and oxygen atoms in total. The summed E-state index contributed by atoms with van der Waals surface area (Å²) in [5.74, 6) is -0.626. The first-order chi connectivity index (χ1) is 11.1. The van der Waals surface area contributed by atoms with E-state index in [-0.39, 0.29) is 19.2 Å². The predicted octanol–water partition coefficient (Wildman–Crippen LogP) is 4.48. The number of nitrogens with one attached hydrogen (secondary N) is 1. The Morgan fingerprint density at radius 1 is 1.04 bits per heavy atom. The normalized spacial score (nSPS) is 9.92. The SMILES string of the molecule is C.Cc1cc(F)ccc1NC(=O)c1cncc(-c2cccnc2)c1. The van der Waals surface area contributed by atoms with Crippen LogP contribution in [-0.4, -0.2) is 15.9 Å². The number of anilines is 1. The third-order valence-corrected chi connectivity index (χ3v) is 3.43. The Balaban J connectivity index is 0.00000208. The Labute approximate surface area is 140 Å². The number of halogens is 1. The first-order valence-electron chi connectivity index (χ1n) is 7.06. The number of carbonyl (C=O) groups is 1. The van der Waals surface area contributed by atoms with Crippen molar-refractivity contribution in [3.8, 4) is 11.1 Å². The van der Waals surface area contributed by atoms with Gasteiger partial charge >= 0.3 is 0 Å². The van der Waals surface area contributed by atoms with Gasteiger partial charge < -0.3 is 5.32 Å². The molecule has 122 valence electrons. The maximum Gasteiger partial charge on any atom is 0.257 e. The molecular weight excluding hydrogens is 305 g/mol. The average Bonchev–Trinajstić information content (AvgIpc) is 2.58. The highest BCUT2D eigenvalue weighted by Crippen LogP contribution is 2.20. The molecule has 3 rings (SSSR count). The van der Waals surface area contributed by atoms with Gasteiger partial charge in [0.05, 0.1) is 5.56 Å². The quantitative estimate of drug-likeness (QED) is 0.773. The molecule has 0 unspecified atom stereocenters. The summed E-state index contributed by atoms with van der Waals surface area (Å²) in [6, 6.07) is 9.70. The zero-order valence-electron chi connectivity index (χ0n) is 12.5. The van der Waals surface area contributed by atoms with Crippen molar-refractivity contribution in [2.24, 2.45) is 0 Å². The molecule has 0 aliphatic carbocycles. The van der Waals surface area contributed by atoms with E-state index in [1.807, 2.05) is 12.1 Å². The summed E-state index contributed by atoms with van der Waals surface area (Å²) >= 11 is 0. The van der Waals surface area contributed by atoms with Crippen LogP contribution in [0.4, 0.5) is 10.1 Å². The largest absolute Gasteiger partial charge is 0.322 e. The lowest BCUT2D eigenvalue weighted by molar-refractivity contribution is 0.102. The maximum atomic E-state index is 13.1. The standard InChI is InChI=1S/C18H14FN3O.CH4/c1-12-7-16(19)4-5-17(12)22-18(23)15-8-14(10-21-11-15)13-3-2-6-20-9-13;/h2-11H,1H3,(H,22,23);1H4. The zero-order valence-corrected chi connectivity index (χ0v) is 12.5. The number of nitrogens with zero attached hydrogens (tertiary/aromatic N) is 2. The van der Waals surface area contributed by atoms with Crippen molar-refractivity contribution in [3.63, 3.8) is 0 Å². The molecule has 24 heavy (non-hydrogen) atoms. The number of hydrogen-bond donors (Lipinski definition) is 1. The highest BCUT2D eigenvalue weighted by Gasteiger charge is 2.10.